The molecule has 0 saturated heterocycles. The maximum absolute atomic E-state index is 10.5. The van der Waals surface area contributed by atoms with E-state index in [1.54, 1.807) is 6.07 Å². The van der Waals surface area contributed by atoms with Crippen molar-refractivity contribution in [2.24, 2.45) is 5.73 Å². The van der Waals surface area contributed by atoms with E-state index in [2.05, 4.69) is 27.2 Å². The smallest absolute Gasteiger partial charge is 0.200 e. The lowest BCUT2D eigenvalue weighted by atomic mass is 9.98. The van der Waals surface area contributed by atoms with Crippen LogP contribution in [0.25, 0.3) is 17.1 Å². The van der Waals surface area contributed by atoms with Gasteiger partial charge in [0.15, 0.2) is 10.6 Å². The topological polar surface area (TPSA) is 103 Å². The lowest BCUT2D eigenvalue weighted by Gasteiger charge is -2.18. The Morgan fingerprint density at radius 1 is 1.21 bits per heavy atom. The molecular weight excluding hydrogens is 386 g/mol. The second-order valence-corrected chi connectivity index (χ2v) is 8.00. The number of H-pyrrole nitrogens is 1. The number of benzene rings is 2. The Kier molecular flexibility index (Phi) is 5.06. The molecule has 2 aromatic carbocycles. The van der Waals surface area contributed by atoms with Crippen molar-refractivity contribution < 1.29 is 10.2 Å². The molecule has 0 unspecified atom stereocenters. The number of phenolic OH excluding ortho intramolecular Hbond substituents is 2. The van der Waals surface area contributed by atoms with Gasteiger partial charge in [-0.3, -0.25) is 9.67 Å². The predicted molar refractivity (Wildman–Crippen MR) is 117 cm³/mol. The summed E-state index contributed by atoms with van der Waals surface area (Å²) in [5.41, 5.74) is 10.3. The fraction of sp³-hybridized carbons (Fsp3) is 0.333. The number of anilines is 1. The third-order valence-electron chi connectivity index (χ3n) is 5.39. The Bertz CT molecular complexity index is 1120. The van der Waals surface area contributed by atoms with E-state index in [9.17, 15) is 10.2 Å². The van der Waals surface area contributed by atoms with Gasteiger partial charge >= 0.3 is 0 Å². The molecule has 4 rings (SSSR count). The Hall–Kier alpha value is -2.84. The summed E-state index contributed by atoms with van der Waals surface area (Å²) in [4.78, 5) is 2.29. The van der Waals surface area contributed by atoms with Crippen LogP contribution in [0.1, 0.15) is 30.9 Å². The minimum atomic E-state index is -0.0440. The van der Waals surface area contributed by atoms with Crippen molar-refractivity contribution in [1.82, 2.24) is 14.8 Å². The van der Waals surface area contributed by atoms with Gasteiger partial charge in [0.05, 0.1) is 11.3 Å². The van der Waals surface area contributed by atoms with Crippen molar-refractivity contribution in [2.45, 2.75) is 26.2 Å². The van der Waals surface area contributed by atoms with Crippen LogP contribution in [0, 0.1) is 4.77 Å². The normalized spacial score (nSPS) is 13.3. The van der Waals surface area contributed by atoms with Gasteiger partial charge in [0.2, 0.25) is 0 Å². The quantitative estimate of drug-likeness (QED) is 0.480. The summed E-state index contributed by atoms with van der Waals surface area (Å²) in [5, 5.41) is 27.9. The molecule has 0 saturated carbocycles. The van der Waals surface area contributed by atoms with Crippen LogP contribution < -0.4 is 10.6 Å². The number of nitrogens with two attached hydrogens (primary N) is 1. The zero-order valence-electron chi connectivity index (χ0n) is 16.5. The number of rotatable bonds is 5. The van der Waals surface area contributed by atoms with Crippen LogP contribution in [-0.4, -0.2) is 44.6 Å². The van der Waals surface area contributed by atoms with Crippen LogP contribution in [0.2, 0.25) is 0 Å². The second kappa shape index (κ2) is 7.53. The third-order valence-corrected chi connectivity index (χ3v) is 5.67. The number of aromatic nitrogens is 3. The summed E-state index contributed by atoms with van der Waals surface area (Å²) in [6.45, 7) is 6.38. The van der Waals surface area contributed by atoms with Gasteiger partial charge in [0, 0.05) is 31.4 Å². The molecule has 0 atom stereocenters. The summed E-state index contributed by atoms with van der Waals surface area (Å²) in [6.07, 6.45) is 0.950. The maximum Gasteiger partial charge on any atom is 0.200 e. The number of nitrogens with zero attached hydrogens (tertiary/aromatic N) is 3. The number of aromatic hydroxyl groups is 2. The lowest BCUT2D eigenvalue weighted by molar-refractivity contribution is 0.444. The zero-order chi connectivity index (χ0) is 20.7. The van der Waals surface area contributed by atoms with Gasteiger partial charge in [-0.2, -0.15) is 5.10 Å². The average Bonchev–Trinajstić information content (AvgIpc) is 3.25. The van der Waals surface area contributed by atoms with E-state index in [4.69, 9.17) is 18.0 Å². The molecule has 7 nitrogen and oxygen atoms in total. The van der Waals surface area contributed by atoms with Crippen molar-refractivity contribution in [3.63, 3.8) is 0 Å². The molecule has 29 heavy (non-hydrogen) atoms. The SMILES string of the molecule is CC(C)c1cc(-c2n[nH]c(=S)n2-c2ccc3c(c2)CCN3CCN)c(O)cc1O. The van der Waals surface area contributed by atoms with E-state index >= 15 is 0 Å². The van der Waals surface area contributed by atoms with Crippen LogP contribution in [-0.2, 0) is 6.42 Å². The average molecular weight is 412 g/mol. The Morgan fingerprint density at radius 2 is 2.00 bits per heavy atom. The molecule has 152 valence electrons. The van der Waals surface area contributed by atoms with Crippen LogP contribution in [0.15, 0.2) is 30.3 Å². The first-order chi connectivity index (χ1) is 13.9. The molecule has 3 aromatic rings. The molecule has 8 heteroatoms. The Morgan fingerprint density at radius 3 is 2.72 bits per heavy atom. The summed E-state index contributed by atoms with van der Waals surface area (Å²) in [6, 6.07) is 9.33. The number of fused-ring (bicyclic) bond motifs is 1. The largest absolute Gasteiger partial charge is 0.508 e. The van der Waals surface area contributed by atoms with Crippen molar-refractivity contribution in [3.05, 3.63) is 46.2 Å². The lowest BCUT2D eigenvalue weighted by Crippen LogP contribution is -2.27. The zero-order valence-corrected chi connectivity index (χ0v) is 17.3. The molecule has 2 heterocycles. The number of nitrogens with one attached hydrogen (secondary N) is 1. The summed E-state index contributed by atoms with van der Waals surface area (Å²) in [7, 11) is 0. The molecular formula is C21H25N5O2S. The van der Waals surface area contributed by atoms with Gasteiger partial charge < -0.3 is 20.8 Å². The first-order valence-corrected chi connectivity index (χ1v) is 10.1. The number of phenols is 2. The van der Waals surface area contributed by atoms with E-state index in [1.807, 2.05) is 24.5 Å². The minimum Gasteiger partial charge on any atom is -0.508 e. The van der Waals surface area contributed by atoms with Crippen LogP contribution in [0.5, 0.6) is 11.5 Å². The summed E-state index contributed by atoms with van der Waals surface area (Å²) < 4.78 is 2.26. The van der Waals surface area contributed by atoms with E-state index in [0.29, 0.717) is 22.7 Å². The fourth-order valence-electron chi connectivity index (χ4n) is 3.94. The molecule has 0 bridgehead atoms. The number of hydrogen-bond donors (Lipinski definition) is 4. The standard InChI is InChI=1S/C21H25N5O2S/c1-12(2)15-10-16(19(28)11-18(15)27)20-23-24-21(29)26(20)14-3-4-17-13(9-14)5-7-25(17)8-6-22/h3-4,9-12,27-28H,5-8,22H2,1-2H3,(H,24,29). The molecule has 0 radical (unpaired) electrons. The minimum absolute atomic E-state index is 0.0440. The van der Waals surface area contributed by atoms with Gasteiger partial charge in [-0.1, -0.05) is 13.8 Å². The third kappa shape index (κ3) is 3.38. The summed E-state index contributed by atoms with van der Waals surface area (Å²) in [5.74, 6) is 0.626. The van der Waals surface area contributed by atoms with Crippen molar-refractivity contribution in [1.29, 1.82) is 0 Å². The van der Waals surface area contributed by atoms with Gasteiger partial charge in [-0.15, -0.1) is 0 Å². The van der Waals surface area contributed by atoms with Crippen molar-refractivity contribution in [2.75, 3.05) is 24.5 Å². The highest BCUT2D eigenvalue weighted by molar-refractivity contribution is 7.71. The van der Waals surface area contributed by atoms with Crippen LogP contribution in [0.3, 0.4) is 0 Å². The highest BCUT2D eigenvalue weighted by Gasteiger charge is 2.22. The number of hydrogen-bond acceptors (Lipinski definition) is 6. The molecule has 0 spiro atoms. The van der Waals surface area contributed by atoms with Gasteiger partial charge in [0.1, 0.15) is 11.5 Å². The molecule has 1 aliphatic rings. The van der Waals surface area contributed by atoms with Gasteiger partial charge in [-0.25, -0.2) is 0 Å². The highest BCUT2D eigenvalue weighted by Crippen LogP contribution is 2.38. The first kappa shape index (κ1) is 19.5. The highest BCUT2D eigenvalue weighted by atomic mass is 32.1. The van der Waals surface area contributed by atoms with E-state index in [-0.39, 0.29) is 17.4 Å². The number of aromatic amines is 1. The van der Waals surface area contributed by atoms with E-state index in [0.717, 1.165) is 30.8 Å². The molecule has 0 amide bonds. The Labute approximate surface area is 174 Å². The second-order valence-electron chi connectivity index (χ2n) is 7.61. The molecule has 5 N–H and O–H groups in total. The van der Waals surface area contributed by atoms with Gasteiger partial charge in [0.25, 0.3) is 0 Å². The molecule has 0 fully saturated rings. The van der Waals surface area contributed by atoms with Crippen molar-refractivity contribution in [3.8, 4) is 28.6 Å². The van der Waals surface area contributed by atoms with Crippen molar-refractivity contribution >= 4 is 17.9 Å². The van der Waals surface area contributed by atoms with Crippen LogP contribution >= 0.6 is 12.2 Å². The van der Waals surface area contributed by atoms with E-state index in [1.165, 1.54) is 17.3 Å². The Balaban J connectivity index is 1.83. The van der Waals surface area contributed by atoms with E-state index < -0.39 is 0 Å². The van der Waals surface area contributed by atoms with Crippen LogP contribution in [0.4, 0.5) is 5.69 Å². The maximum atomic E-state index is 10.5. The monoisotopic (exact) mass is 411 g/mol. The van der Waals surface area contributed by atoms with Gasteiger partial charge in [-0.05, 0) is 59.9 Å². The molecule has 1 aromatic heterocycles. The summed E-state index contributed by atoms with van der Waals surface area (Å²) >= 11 is 5.49. The fourth-order valence-corrected chi connectivity index (χ4v) is 4.17. The first-order valence-electron chi connectivity index (χ1n) is 9.72. The molecule has 0 aliphatic carbocycles. The molecule has 1 aliphatic heterocycles. The predicted octanol–water partition coefficient (Wildman–Crippen LogP) is 3.45.